The number of carbonyl (C=O) groups is 1. The van der Waals surface area contributed by atoms with Gasteiger partial charge in [0.1, 0.15) is 0 Å². The minimum atomic E-state index is -2.84. The summed E-state index contributed by atoms with van der Waals surface area (Å²) in [6.45, 7) is 3.04. The Bertz CT molecular complexity index is 1360. The molecule has 3 aromatic rings. The number of amides is 1. The Morgan fingerprint density at radius 2 is 1.80 bits per heavy atom. The Morgan fingerprint density at radius 3 is 2.46 bits per heavy atom. The number of pyridine rings is 1. The van der Waals surface area contributed by atoms with Crippen LogP contribution in [0, 0.1) is 5.92 Å². The molecule has 0 saturated carbocycles. The highest BCUT2D eigenvalue weighted by Gasteiger charge is 2.46. The van der Waals surface area contributed by atoms with Crippen molar-refractivity contribution in [1.82, 2.24) is 14.2 Å². The Kier molecular flexibility index (Phi) is 9.48. The Morgan fingerprint density at radius 1 is 1.05 bits per heavy atom. The van der Waals surface area contributed by atoms with Crippen molar-refractivity contribution < 1.29 is 18.6 Å². The number of halogens is 2. The lowest BCUT2D eigenvalue weighted by Gasteiger charge is -2.50. The van der Waals surface area contributed by atoms with Gasteiger partial charge in [0.05, 0.1) is 18.9 Å². The smallest absolute Gasteiger partial charge is 0.226 e. The van der Waals surface area contributed by atoms with Crippen LogP contribution in [0.1, 0.15) is 55.0 Å². The SMILES string of the molecule is CCC(CN1CCCS1(O)O)N1C(=O)[C@H](Cc2cccc(OC)n2)C[C@H](c2cccc(Cl)c2)[C@H]1c1ccc(Cl)cc1. The molecule has 1 amide bonds. The predicted octanol–water partition coefficient (Wildman–Crippen LogP) is 7.46. The first kappa shape index (κ1) is 30.1. The lowest BCUT2D eigenvalue weighted by Crippen LogP contribution is -2.54. The van der Waals surface area contributed by atoms with E-state index in [1.807, 2.05) is 59.5 Å². The highest BCUT2D eigenvalue weighted by atomic mass is 35.5. The summed E-state index contributed by atoms with van der Waals surface area (Å²) in [6, 6.07) is 20.7. The Labute approximate surface area is 253 Å². The van der Waals surface area contributed by atoms with E-state index < -0.39 is 10.8 Å². The second-order valence-corrected chi connectivity index (χ2v) is 13.9. The van der Waals surface area contributed by atoms with E-state index in [-0.39, 0.29) is 29.8 Å². The highest BCUT2D eigenvalue weighted by Crippen LogP contribution is 2.51. The van der Waals surface area contributed by atoms with Gasteiger partial charge in [-0.15, -0.1) is 10.8 Å². The third-order valence-corrected chi connectivity index (χ3v) is 10.8. The van der Waals surface area contributed by atoms with Gasteiger partial charge in [-0.3, -0.25) is 13.9 Å². The predicted molar refractivity (Wildman–Crippen MR) is 166 cm³/mol. The lowest BCUT2D eigenvalue weighted by molar-refractivity contribution is -0.147. The maximum Gasteiger partial charge on any atom is 0.226 e. The monoisotopic (exact) mass is 617 g/mol. The summed E-state index contributed by atoms with van der Waals surface area (Å²) in [5.41, 5.74) is 2.83. The molecule has 5 rings (SSSR count). The van der Waals surface area contributed by atoms with E-state index in [1.165, 1.54) is 0 Å². The van der Waals surface area contributed by atoms with Crippen LogP contribution in [0.15, 0.2) is 66.7 Å². The molecule has 0 aliphatic carbocycles. The van der Waals surface area contributed by atoms with Crippen LogP contribution in [0.25, 0.3) is 0 Å². The molecule has 0 radical (unpaired) electrons. The van der Waals surface area contributed by atoms with Crippen LogP contribution in [0.4, 0.5) is 0 Å². The summed E-state index contributed by atoms with van der Waals surface area (Å²) < 4.78 is 28.6. The van der Waals surface area contributed by atoms with Crippen LogP contribution in [0.2, 0.25) is 10.0 Å². The van der Waals surface area contributed by atoms with Crippen LogP contribution in [-0.2, 0) is 11.2 Å². The first-order valence-corrected chi connectivity index (χ1v) is 16.5. The molecule has 1 aromatic heterocycles. The summed E-state index contributed by atoms with van der Waals surface area (Å²) >= 11 is 12.8. The Hall–Kier alpha value is -2.33. The van der Waals surface area contributed by atoms with Crippen LogP contribution in [-0.4, -0.2) is 61.2 Å². The quantitative estimate of drug-likeness (QED) is 0.259. The average molecular weight is 619 g/mol. The molecule has 2 saturated heterocycles. The van der Waals surface area contributed by atoms with Gasteiger partial charge in [-0.05, 0) is 60.7 Å². The fraction of sp³-hybridized carbons (Fsp3) is 0.419. The number of piperidine rings is 1. The third-order valence-electron chi connectivity index (χ3n) is 8.28. The minimum Gasteiger partial charge on any atom is -0.481 e. The number of likely N-dealkylation sites (tertiary alicyclic amines) is 1. The van der Waals surface area contributed by atoms with Gasteiger partial charge in [-0.2, -0.15) is 0 Å². The van der Waals surface area contributed by atoms with Gasteiger partial charge in [-0.1, -0.05) is 60.5 Å². The third kappa shape index (κ3) is 6.69. The normalized spacial score (nSPS) is 24.3. The lowest BCUT2D eigenvalue weighted by atomic mass is 9.74. The van der Waals surface area contributed by atoms with Crippen molar-refractivity contribution in [2.75, 3.05) is 26.0 Å². The van der Waals surface area contributed by atoms with Crippen molar-refractivity contribution in [2.45, 2.75) is 50.6 Å². The van der Waals surface area contributed by atoms with E-state index in [0.717, 1.165) is 23.2 Å². The van der Waals surface area contributed by atoms with Gasteiger partial charge in [0.2, 0.25) is 11.8 Å². The van der Waals surface area contributed by atoms with Crippen molar-refractivity contribution in [3.63, 3.8) is 0 Å². The molecule has 41 heavy (non-hydrogen) atoms. The first-order valence-electron chi connectivity index (χ1n) is 14.0. The van der Waals surface area contributed by atoms with Gasteiger partial charge < -0.3 is 9.64 Å². The van der Waals surface area contributed by atoms with Gasteiger partial charge in [0.15, 0.2) is 0 Å². The van der Waals surface area contributed by atoms with E-state index in [0.29, 0.717) is 54.0 Å². The van der Waals surface area contributed by atoms with Crippen LogP contribution in [0.5, 0.6) is 5.88 Å². The number of aromatic nitrogens is 1. The first-order chi connectivity index (χ1) is 19.7. The topological polar surface area (TPSA) is 86.1 Å². The standard InChI is InChI=1S/C31H37Cl2N3O4S/c1-3-27(20-35-15-6-16-41(35,38)39)36-30(21-11-13-24(32)14-12-21)28(22-7-4-8-25(33)17-22)19-23(31(36)37)18-26-9-5-10-29(34-26)40-2/h4-5,7-14,17,23,27-28,30,38-39H,3,6,15-16,18-20H2,1-2H3/t23-,27?,28-,30-/m1/s1. The number of rotatable bonds is 9. The molecule has 4 atom stereocenters. The van der Waals surface area contributed by atoms with Crippen molar-refractivity contribution in [1.29, 1.82) is 0 Å². The van der Waals surface area contributed by atoms with E-state index >= 15 is 0 Å². The molecule has 220 valence electrons. The molecule has 1 unspecified atom stereocenters. The maximum atomic E-state index is 14.6. The van der Waals surface area contributed by atoms with E-state index in [2.05, 4.69) is 18.0 Å². The van der Waals surface area contributed by atoms with E-state index in [9.17, 15) is 13.9 Å². The number of hydrogen-bond donors (Lipinski definition) is 2. The summed E-state index contributed by atoms with van der Waals surface area (Å²) in [5, 5.41) is 1.27. The number of ether oxygens (including phenoxy) is 1. The molecule has 0 bridgehead atoms. The van der Waals surface area contributed by atoms with Gasteiger partial charge in [-0.25, -0.2) is 9.29 Å². The molecule has 2 aromatic carbocycles. The summed E-state index contributed by atoms with van der Waals surface area (Å²) in [4.78, 5) is 21.2. The second kappa shape index (κ2) is 12.9. The number of carbonyl (C=O) groups excluding carboxylic acids is 1. The van der Waals surface area contributed by atoms with Crippen LogP contribution >= 0.6 is 34.0 Å². The summed E-state index contributed by atoms with van der Waals surface area (Å²) in [7, 11) is -1.26. The molecule has 0 spiro atoms. The molecule has 2 N–H and O–H groups in total. The largest absolute Gasteiger partial charge is 0.481 e. The number of hydrogen-bond acceptors (Lipinski definition) is 6. The number of methoxy groups -OCH3 is 1. The Balaban J connectivity index is 1.60. The van der Waals surface area contributed by atoms with Crippen LogP contribution in [0.3, 0.4) is 0 Å². The van der Waals surface area contributed by atoms with Crippen molar-refractivity contribution in [2.24, 2.45) is 5.92 Å². The fourth-order valence-corrected chi connectivity index (χ4v) is 8.20. The van der Waals surface area contributed by atoms with Crippen molar-refractivity contribution in [3.05, 3.63) is 93.6 Å². The van der Waals surface area contributed by atoms with Crippen molar-refractivity contribution in [3.8, 4) is 5.88 Å². The summed E-state index contributed by atoms with van der Waals surface area (Å²) in [6.07, 6.45) is 2.46. The van der Waals surface area contributed by atoms with Gasteiger partial charge >= 0.3 is 0 Å². The molecule has 2 aliphatic rings. The zero-order valence-electron chi connectivity index (χ0n) is 23.3. The molecule has 7 nitrogen and oxygen atoms in total. The molecular formula is C31H37Cl2N3O4S. The zero-order valence-corrected chi connectivity index (χ0v) is 25.7. The molecule has 2 fully saturated rings. The minimum absolute atomic E-state index is 0.0374. The second-order valence-electron chi connectivity index (χ2n) is 10.9. The molecule has 3 heterocycles. The fourth-order valence-electron chi connectivity index (χ4n) is 6.27. The zero-order chi connectivity index (χ0) is 29.1. The molecular weight excluding hydrogens is 581 g/mol. The summed E-state index contributed by atoms with van der Waals surface area (Å²) in [5.74, 6) is 0.521. The van der Waals surface area contributed by atoms with E-state index in [4.69, 9.17) is 27.9 Å². The molecule has 10 heteroatoms. The van der Waals surface area contributed by atoms with Crippen LogP contribution < -0.4 is 4.74 Å². The van der Waals surface area contributed by atoms with Gasteiger partial charge in [0, 0.05) is 59.2 Å². The number of nitrogens with zero attached hydrogens (tertiary/aromatic N) is 3. The van der Waals surface area contributed by atoms with E-state index in [1.54, 1.807) is 17.5 Å². The maximum absolute atomic E-state index is 14.6. The highest BCUT2D eigenvalue weighted by molar-refractivity contribution is 8.22. The van der Waals surface area contributed by atoms with Crippen molar-refractivity contribution >= 4 is 39.9 Å². The molecule has 2 aliphatic heterocycles. The van der Waals surface area contributed by atoms with Gasteiger partial charge in [0.25, 0.3) is 0 Å². The average Bonchev–Trinajstić information content (AvgIpc) is 3.30. The number of benzene rings is 2.